The summed E-state index contributed by atoms with van der Waals surface area (Å²) in [5.41, 5.74) is 5.60. The van der Waals surface area contributed by atoms with Gasteiger partial charge in [0.25, 0.3) is 6.47 Å². The van der Waals surface area contributed by atoms with E-state index in [0.717, 1.165) is 30.2 Å². The first-order valence-electron chi connectivity index (χ1n) is 23.0. The molecule has 0 heterocycles. The average Bonchev–Trinajstić information content (AvgIpc) is 3.45. The monoisotopic (exact) mass is 1090 g/mol. The molecule has 21 nitrogen and oxygen atoms in total. The highest BCUT2D eigenvalue weighted by Crippen LogP contribution is 2.21. The summed E-state index contributed by atoms with van der Waals surface area (Å²) in [4.78, 5) is 94.3. The van der Waals surface area contributed by atoms with Crippen LogP contribution in [0.2, 0.25) is 0 Å². The zero-order valence-electron chi connectivity index (χ0n) is 43.4. The maximum atomic E-state index is 12.2. The summed E-state index contributed by atoms with van der Waals surface area (Å²) in [6.07, 6.45) is 1.28. The van der Waals surface area contributed by atoms with Gasteiger partial charge >= 0.3 is 17.9 Å². The SMILES string of the molecule is C.C=C(OC(=O)c1ccc(C(C)=O)cc1)C(=O)c1ccc(C(C)=O)cc1.CC(=O)c1ccc(C(CCO)OO)cc1.CO.COC(=O)c1ccc(COC=O)cc1.O.O=C(OCCO)c1ccc(CCCO)cc1.OCCO. The molecule has 1 atom stereocenters. The van der Waals surface area contributed by atoms with Crippen molar-refractivity contribution in [1.29, 1.82) is 0 Å². The molecular weight excluding hydrogens is 1020 g/mol. The summed E-state index contributed by atoms with van der Waals surface area (Å²) in [5.74, 6) is -2.67. The number of Topliss-reactive ketones (excluding diaryl/α,β-unsaturated/α-hetero) is 4. The molecule has 0 amide bonds. The lowest BCUT2D eigenvalue weighted by molar-refractivity contribution is -0.284. The van der Waals surface area contributed by atoms with E-state index in [1.54, 1.807) is 60.7 Å². The smallest absolute Gasteiger partial charge is 0.343 e. The van der Waals surface area contributed by atoms with Gasteiger partial charge in [-0.25, -0.2) is 19.3 Å². The standard InChI is InChI=1S/C20H16O5.C12H16O4.C11H14O4.C10H10O4.C2H6O2.CH4O.CH4.H2O/c1-12(21)15-4-8-17(9-5-15)19(23)14(3)25-20(24)18-10-6-16(7-11-18)13(2)22;13-7-1-2-10-3-5-11(6-4-10)12(15)16-9-8-14;1-8(13)9-2-4-10(5-3-9)11(15-14)6-7-12;1-13-10(12)9-4-2-8(3-5-9)6-14-7-11;3-1-2-4;1-2;;/h4-11H,3H2,1-2H3;3-6,13-14H,1-2,7-9H2;2-5,11-12,14H,6-7H2,1H3;2-5,7H,6H2,1H3;3-4H,1-2H2;2H,1H3;1H4;1H2. The highest BCUT2D eigenvalue weighted by molar-refractivity contribution is 6.09. The van der Waals surface area contributed by atoms with Crippen molar-refractivity contribution in [1.82, 2.24) is 0 Å². The van der Waals surface area contributed by atoms with E-state index in [4.69, 9.17) is 45.4 Å². The van der Waals surface area contributed by atoms with E-state index in [1.807, 2.05) is 12.1 Å². The molecule has 1 unspecified atom stereocenters. The number of carbonyl (C=O) groups is 8. The lowest BCUT2D eigenvalue weighted by atomic mass is 10.0. The lowest BCUT2D eigenvalue weighted by Gasteiger charge is -2.12. The molecule has 9 N–H and O–H groups in total. The van der Waals surface area contributed by atoms with E-state index in [9.17, 15) is 38.4 Å². The number of aliphatic hydroxyl groups excluding tert-OH is 6. The van der Waals surface area contributed by atoms with Crippen LogP contribution in [0.3, 0.4) is 0 Å². The van der Waals surface area contributed by atoms with Crippen LogP contribution in [0.5, 0.6) is 0 Å². The Hall–Kier alpha value is -7.96. The summed E-state index contributed by atoms with van der Waals surface area (Å²) in [6.45, 7) is 8.12. The van der Waals surface area contributed by atoms with Crippen LogP contribution in [0.25, 0.3) is 0 Å². The number of ketones is 4. The highest BCUT2D eigenvalue weighted by atomic mass is 17.1. The molecule has 5 aromatic rings. The molecule has 426 valence electrons. The average molecular weight is 1090 g/mol. The van der Waals surface area contributed by atoms with Crippen molar-refractivity contribution in [3.05, 3.63) is 189 Å². The first-order chi connectivity index (χ1) is 36.4. The van der Waals surface area contributed by atoms with Crippen molar-refractivity contribution in [2.45, 2.75) is 60.2 Å². The number of allylic oxidation sites excluding steroid dienone is 1. The predicted octanol–water partition coefficient (Wildman–Crippen LogP) is 5.75. The van der Waals surface area contributed by atoms with Crippen LogP contribution in [-0.4, -0.2) is 143 Å². The van der Waals surface area contributed by atoms with Gasteiger partial charge < -0.3 is 55.1 Å². The molecule has 0 aliphatic heterocycles. The first kappa shape index (κ1) is 74.3. The van der Waals surface area contributed by atoms with Crippen LogP contribution < -0.4 is 0 Å². The van der Waals surface area contributed by atoms with Gasteiger partial charge in [-0.15, -0.1) is 0 Å². The Labute approximate surface area is 453 Å². The quantitative estimate of drug-likeness (QED) is 0.00634. The summed E-state index contributed by atoms with van der Waals surface area (Å²) in [7, 11) is 2.33. The normalized spacial score (nSPS) is 9.79. The molecule has 78 heavy (non-hydrogen) atoms. The van der Waals surface area contributed by atoms with E-state index >= 15 is 0 Å². The second kappa shape index (κ2) is 44.2. The highest BCUT2D eigenvalue weighted by Gasteiger charge is 2.18. The minimum absolute atomic E-state index is 0. The van der Waals surface area contributed by atoms with Crippen molar-refractivity contribution in [3.63, 3.8) is 0 Å². The molecule has 0 aliphatic rings. The van der Waals surface area contributed by atoms with Gasteiger partial charge in [-0.1, -0.05) is 98.9 Å². The molecule has 0 spiro atoms. The fraction of sp³-hybridized carbons (Fsp3) is 0.298. The number of hydrogen-bond acceptors (Lipinski definition) is 20. The van der Waals surface area contributed by atoms with Gasteiger partial charge in [0.2, 0.25) is 5.78 Å². The third kappa shape index (κ3) is 29.4. The van der Waals surface area contributed by atoms with Gasteiger partial charge in [-0.2, -0.15) is 0 Å². The van der Waals surface area contributed by atoms with Crippen molar-refractivity contribution >= 4 is 47.5 Å². The zero-order chi connectivity index (χ0) is 57.4. The number of rotatable bonds is 22. The Kier molecular flexibility index (Phi) is 42.1. The van der Waals surface area contributed by atoms with Crippen LogP contribution in [-0.2, 0) is 41.7 Å². The Morgan fingerprint density at radius 3 is 1.32 bits per heavy atom. The summed E-state index contributed by atoms with van der Waals surface area (Å²) in [6, 6.07) is 32.3. The number of carbonyl (C=O) groups excluding carboxylic acids is 8. The Bertz CT molecular complexity index is 2520. The molecule has 0 saturated carbocycles. The van der Waals surface area contributed by atoms with E-state index in [-0.39, 0.29) is 99.4 Å². The van der Waals surface area contributed by atoms with Crippen LogP contribution >= 0.6 is 0 Å². The van der Waals surface area contributed by atoms with Gasteiger partial charge in [-0.3, -0.25) is 29.2 Å². The fourth-order valence-corrected chi connectivity index (χ4v) is 5.70. The second-order valence-electron chi connectivity index (χ2n) is 15.1. The topological polar surface area (TPSA) is 356 Å². The van der Waals surface area contributed by atoms with Gasteiger partial charge in [0, 0.05) is 49.0 Å². The number of ether oxygens (including phenoxy) is 4. The Balaban J connectivity index is -0.000000944. The van der Waals surface area contributed by atoms with Crippen molar-refractivity contribution in [3.8, 4) is 0 Å². The molecule has 5 rings (SSSR count). The van der Waals surface area contributed by atoms with E-state index in [0.29, 0.717) is 47.1 Å². The van der Waals surface area contributed by atoms with Crippen molar-refractivity contribution in [2.24, 2.45) is 0 Å². The van der Waals surface area contributed by atoms with Crippen LogP contribution in [0.4, 0.5) is 0 Å². The summed E-state index contributed by atoms with van der Waals surface area (Å²) >= 11 is 0. The summed E-state index contributed by atoms with van der Waals surface area (Å²) in [5, 5.41) is 56.8. The number of benzene rings is 5. The first-order valence-corrected chi connectivity index (χ1v) is 23.0. The van der Waals surface area contributed by atoms with Crippen LogP contribution in [0.15, 0.2) is 134 Å². The molecule has 0 fully saturated rings. The van der Waals surface area contributed by atoms with Crippen LogP contribution in [0.1, 0.15) is 136 Å². The van der Waals surface area contributed by atoms with Crippen molar-refractivity contribution < 1.29 is 104 Å². The second-order valence-corrected chi connectivity index (χ2v) is 15.1. The molecule has 0 aliphatic carbocycles. The van der Waals surface area contributed by atoms with Gasteiger partial charge in [0.05, 0.1) is 43.6 Å². The van der Waals surface area contributed by atoms with E-state index in [2.05, 4.69) is 20.9 Å². The lowest BCUT2D eigenvalue weighted by Crippen LogP contribution is -2.12. The molecule has 0 bridgehead atoms. The number of hydrogen-bond donors (Lipinski definition) is 7. The molecule has 0 aromatic heterocycles. The minimum atomic E-state index is -0.742. The molecule has 0 radical (unpaired) electrons. The maximum Gasteiger partial charge on any atom is 0.343 e. The predicted molar refractivity (Wildman–Crippen MR) is 287 cm³/mol. The molecular formula is C57H72O21. The molecule has 0 saturated heterocycles. The Morgan fingerprint density at radius 1 is 0.538 bits per heavy atom. The van der Waals surface area contributed by atoms with Crippen LogP contribution in [0, 0.1) is 0 Å². The maximum absolute atomic E-state index is 12.2. The minimum Gasteiger partial charge on any atom is -0.465 e. The molecule has 21 heteroatoms. The summed E-state index contributed by atoms with van der Waals surface area (Å²) < 4.78 is 18.8. The van der Waals surface area contributed by atoms with E-state index in [1.165, 1.54) is 76.4 Å². The largest absolute Gasteiger partial charge is 0.465 e. The zero-order valence-corrected chi connectivity index (χ0v) is 43.4. The number of aryl methyl sites for hydroxylation is 1. The van der Waals surface area contributed by atoms with Gasteiger partial charge in [-0.05, 0) is 86.7 Å². The fourth-order valence-electron chi connectivity index (χ4n) is 5.70. The third-order valence-electron chi connectivity index (χ3n) is 9.69. The van der Waals surface area contributed by atoms with Gasteiger partial charge in [0.15, 0.2) is 23.1 Å². The number of esters is 3. The molecule has 5 aromatic carbocycles. The van der Waals surface area contributed by atoms with Gasteiger partial charge in [0.1, 0.15) is 19.3 Å². The van der Waals surface area contributed by atoms with E-state index < -0.39 is 23.8 Å². The number of methoxy groups -OCH3 is 1. The van der Waals surface area contributed by atoms with Crippen molar-refractivity contribution in [2.75, 3.05) is 53.9 Å². The Morgan fingerprint density at radius 2 is 0.936 bits per heavy atom. The number of aliphatic hydroxyl groups is 6. The third-order valence-corrected chi connectivity index (χ3v) is 9.69.